The summed E-state index contributed by atoms with van der Waals surface area (Å²) in [4.78, 5) is 0. The predicted octanol–water partition coefficient (Wildman–Crippen LogP) is 2.13. The Bertz CT molecular complexity index is 327. The van der Waals surface area contributed by atoms with Gasteiger partial charge in [-0.25, -0.2) is 0 Å². The Morgan fingerprint density at radius 1 is 1.23 bits per heavy atom. The van der Waals surface area contributed by atoms with E-state index in [2.05, 4.69) is 11.8 Å². The van der Waals surface area contributed by atoms with E-state index < -0.39 is 6.10 Å². The van der Waals surface area contributed by atoms with Crippen molar-refractivity contribution in [1.82, 2.24) is 0 Å². The molecular weight excluding hydrogens is 160 g/mol. The quantitative estimate of drug-likeness (QED) is 0.643. The van der Waals surface area contributed by atoms with Gasteiger partial charge in [0.05, 0.1) is 0 Å². The maximum atomic E-state index is 9.62. The van der Waals surface area contributed by atoms with Crippen LogP contribution in [0.3, 0.4) is 0 Å². The van der Waals surface area contributed by atoms with Crippen LogP contribution in [0.5, 0.6) is 0 Å². The fourth-order valence-electron chi connectivity index (χ4n) is 1.14. The van der Waals surface area contributed by atoms with Crippen LogP contribution in [-0.4, -0.2) is 5.11 Å². The lowest BCUT2D eigenvalue weighted by atomic mass is 10.1. The minimum atomic E-state index is -0.609. The van der Waals surface area contributed by atoms with Gasteiger partial charge < -0.3 is 5.11 Å². The molecule has 0 unspecified atom stereocenters. The van der Waals surface area contributed by atoms with Gasteiger partial charge in [0.2, 0.25) is 0 Å². The van der Waals surface area contributed by atoms with Crippen molar-refractivity contribution in [2.75, 3.05) is 0 Å². The molecule has 0 aromatic heterocycles. The number of rotatable bonds is 1. The fourth-order valence-corrected chi connectivity index (χ4v) is 1.14. The normalized spacial score (nSPS) is 17.3. The molecule has 1 aliphatic carbocycles. The van der Waals surface area contributed by atoms with E-state index in [-0.39, 0.29) is 0 Å². The second kappa shape index (κ2) is 3.64. The van der Waals surface area contributed by atoms with E-state index in [9.17, 15) is 5.11 Å². The van der Waals surface area contributed by atoms with Gasteiger partial charge in [-0.1, -0.05) is 42.2 Å². The highest BCUT2D eigenvalue weighted by Crippen LogP contribution is 2.27. The second-order valence-electron chi connectivity index (χ2n) is 3.38. The van der Waals surface area contributed by atoms with E-state index in [1.54, 1.807) is 0 Å². The average Bonchev–Trinajstić information content (AvgIpc) is 2.99. The Labute approximate surface area is 78.4 Å². The SMILES string of the molecule is O[C@@H](C#CC1CC1)c1ccccc1. The summed E-state index contributed by atoms with van der Waals surface area (Å²) in [6, 6.07) is 9.55. The highest BCUT2D eigenvalue weighted by atomic mass is 16.3. The molecule has 1 fully saturated rings. The molecule has 0 amide bonds. The minimum absolute atomic E-state index is 0.554. The molecular formula is C12H12O. The van der Waals surface area contributed by atoms with Crippen LogP contribution in [0, 0.1) is 17.8 Å². The van der Waals surface area contributed by atoms with E-state index in [0.717, 1.165) is 5.56 Å². The van der Waals surface area contributed by atoms with E-state index in [0.29, 0.717) is 5.92 Å². The molecule has 1 nitrogen and oxygen atoms in total. The van der Waals surface area contributed by atoms with Crippen molar-refractivity contribution in [2.24, 2.45) is 5.92 Å². The van der Waals surface area contributed by atoms with E-state index in [4.69, 9.17) is 0 Å². The number of hydrogen-bond acceptors (Lipinski definition) is 1. The van der Waals surface area contributed by atoms with E-state index >= 15 is 0 Å². The predicted molar refractivity (Wildman–Crippen MR) is 51.9 cm³/mol. The lowest BCUT2D eigenvalue weighted by Gasteiger charge is -2.01. The molecule has 0 bridgehead atoms. The second-order valence-corrected chi connectivity index (χ2v) is 3.38. The summed E-state index contributed by atoms with van der Waals surface area (Å²) < 4.78 is 0. The smallest absolute Gasteiger partial charge is 0.140 e. The van der Waals surface area contributed by atoms with Crippen molar-refractivity contribution in [3.63, 3.8) is 0 Å². The molecule has 13 heavy (non-hydrogen) atoms. The van der Waals surface area contributed by atoms with Crippen LogP contribution in [-0.2, 0) is 0 Å². The van der Waals surface area contributed by atoms with Gasteiger partial charge in [-0.15, -0.1) is 0 Å². The third-order valence-electron chi connectivity index (χ3n) is 2.12. The molecule has 1 aromatic rings. The number of aliphatic hydroxyl groups excluding tert-OH is 1. The lowest BCUT2D eigenvalue weighted by Crippen LogP contribution is -1.92. The molecule has 1 N–H and O–H groups in total. The third kappa shape index (κ3) is 2.34. The topological polar surface area (TPSA) is 20.2 Å². The van der Waals surface area contributed by atoms with Gasteiger partial charge >= 0.3 is 0 Å². The minimum Gasteiger partial charge on any atom is -0.376 e. The average molecular weight is 172 g/mol. The van der Waals surface area contributed by atoms with Crippen LogP contribution in [0.15, 0.2) is 30.3 Å². The zero-order valence-electron chi connectivity index (χ0n) is 7.40. The van der Waals surface area contributed by atoms with Crippen LogP contribution >= 0.6 is 0 Å². The van der Waals surface area contributed by atoms with Crippen LogP contribution in [0.4, 0.5) is 0 Å². The molecule has 0 aliphatic heterocycles. The summed E-state index contributed by atoms with van der Waals surface area (Å²) in [6.45, 7) is 0. The first-order chi connectivity index (χ1) is 6.36. The van der Waals surface area contributed by atoms with Crippen molar-refractivity contribution < 1.29 is 5.11 Å². The van der Waals surface area contributed by atoms with Gasteiger partial charge in [0.1, 0.15) is 6.10 Å². The Hall–Kier alpha value is -1.26. The summed E-state index contributed by atoms with van der Waals surface area (Å²) in [5, 5.41) is 9.62. The van der Waals surface area contributed by atoms with Crippen molar-refractivity contribution in [3.05, 3.63) is 35.9 Å². The van der Waals surface area contributed by atoms with Crippen molar-refractivity contribution in [1.29, 1.82) is 0 Å². The highest BCUT2D eigenvalue weighted by molar-refractivity contribution is 5.25. The van der Waals surface area contributed by atoms with Gasteiger partial charge in [0, 0.05) is 5.92 Å². The van der Waals surface area contributed by atoms with Crippen molar-refractivity contribution in [3.8, 4) is 11.8 Å². The van der Waals surface area contributed by atoms with Gasteiger partial charge in [-0.3, -0.25) is 0 Å². The molecule has 1 atom stereocenters. The first-order valence-electron chi connectivity index (χ1n) is 4.60. The van der Waals surface area contributed by atoms with E-state index in [1.807, 2.05) is 30.3 Å². The lowest BCUT2D eigenvalue weighted by molar-refractivity contribution is 0.238. The maximum absolute atomic E-state index is 9.62. The maximum Gasteiger partial charge on any atom is 0.140 e. The molecule has 1 aliphatic rings. The zero-order chi connectivity index (χ0) is 9.10. The summed E-state index contributed by atoms with van der Waals surface area (Å²) in [5.74, 6) is 6.48. The number of hydrogen-bond donors (Lipinski definition) is 1. The number of benzene rings is 1. The van der Waals surface area contributed by atoms with E-state index in [1.165, 1.54) is 12.8 Å². The third-order valence-corrected chi connectivity index (χ3v) is 2.12. The fraction of sp³-hybridized carbons (Fsp3) is 0.333. The molecule has 0 radical (unpaired) electrons. The standard InChI is InChI=1S/C12H12O/c13-12(9-8-10-6-7-10)11-4-2-1-3-5-11/h1-5,10,12-13H,6-7H2/t12-/m0/s1. The van der Waals surface area contributed by atoms with Gasteiger partial charge in [0.15, 0.2) is 0 Å². The van der Waals surface area contributed by atoms with Crippen LogP contribution in [0.25, 0.3) is 0 Å². The first kappa shape index (κ1) is 8.34. The summed E-state index contributed by atoms with van der Waals surface area (Å²) in [7, 11) is 0. The Kier molecular flexibility index (Phi) is 2.33. The molecule has 1 saturated carbocycles. The summed E-state index contributed by atoms with van der Waals surface area (Å²) in [6.07, 6.45) is 1.80. The number of aliphatic hydroxyl groups is 1. The van der Waals surface area contributed by atoms with Gasteiger partial charge in [0.25, 0.3) is 0 Å². The highest BCUT2D eigenvalue weighted by Gasteiger charge is 2.18. The zero-order valence-corrected chi connectivity index (χ0v) is 7.40. The molecule has 1 aromatic carbocycles. The molecule has 0 spiro atoms. The molecule has 1 heteroatoms. The monoisotopic (exact) mass is 172 g/mol. The molecule has 66 valence electrons. The summed E-state index contributed by atoms with van der Waals surface area (Å²) in [5.41, 5.74) is 0.885. The Morgan fingerprint density at radius 2 is 1.92 bits per heavy atom. The van der Waals surface area contributed by atoms with Crippen LogP contribution in [0.2, 0.25) is 0 Å². The molecule has 0 heterocycles. The Morgan fingerprint density at radius 3 is 2.54 bits per heavy atom. The largest absolute Gasteiger partial charge is 0.376 e. The van der Waals surface area contributed by atoms with Crippen LogP contribution < -0.4 is 0 Å². The van der Waals surface area contributed by atoms with Gasteiger partial charge in [-0.05, 0) is 18.4 Å². The van der Waals surface area contributed by atoms with Crippen LogP contribution in [0.1, 0.15) is 24.5 Å². The van der Waals surface area contributed by atoms with Crippen molar-refractivity contribution in [2.45, 2.75) is 18.9 Å². The molecule has 0 saturated heterocycles. The first-order valence-corrected chi connectivity index (χ1v) is 4.60. The van der Waals surface area contributed by atoms with Crippen molar-refractivity contribution >= 4 is 0 Å². The molecule has 2 rings (SSSR count). The summed E-state index contributed by atoms with van der Waals surface area (Å²) >= 11 is 0. The Balaban J connectivity index is 2.05. The van der Waals surface area contributed by atoms with Gasteiger partial charge in [-0.2, -0.15) is 0 Å².